The Hall–Kier alpha value is -0.530. The van der Waals surface area contributed by atoms with Crippen LogP contribution >= 0.6 is 0 Å². The summed E-state index contributed by atoms with van der Waals surface area (Å²) in [7, 11) is 0. The van der Waals surface area contributed by atoms with E-state index in [1.165, 1.54) is 0 Å². The molecule has 0 aliphatic heterocycles. The molecule has 0 aromatic rings. The smallest absolute Gasteiger partial charge is 0.223 e. The first-order valence-electron chi connectivity index (χ1n) is 6.00. The van der Waals surface area contributed by atoms with Crippen LogP contribution < -0.4 is 5.32 Å². The SMILES string of the molecule is CCC(C(=O)NC(C)C(C)(C)C)C(C)C. The fraction of sp³-hybridized carbons (Fsp3) is 0.923. The molecule has 0 saturated heterocycles. The van der Waals surface area contributed by atoms with E-state index in [0.717, 1.165) is 6.42 Å². The van der Waals surface area contributed by atoms with Crippen LogP contribution in [0.5, 0.6) is 0 Å². The first kappa shape index (κ1) is 14.5. The maximum Gasteiger partial charge on any atom is 0.223 e. The average Bonchev–Trinajstić information content (AvgIpc) is 2.02. The summed E-state index contributed by atoms with van der Waals surface area (Å²) in [6.45, 7) is 14.8. The van der Waals surface area contributed by atoms with E-state index in [-0.39, 0.29) is 23.3 Å². The zero-order valence-corrected chi connectivity index (χ0v) is 11.3. The average molecular weight is 213 g/mol. The van der Waals surface area contributed by atoms with Gasteiger partial charge >= 0.3 is 0 Å². The van der Waals surface area contributed by atoms with Crippen molar-refractivity contribution in [3.8, 4) is 0 Å². The van der Waals surface area contributed by atoms with Gasteiger partial charge in [0.25, 0.3) is 0 Å². The maximum atomic E-state index is 12.0. The Labute approximate surface area is 94.8 Å². The molecule has 0 aromatic heterocycles. The molecule has 0 fully saturated rings. The first-order valence-corrected chi connectivity index (χ1v) is 6.00. The van der Waals surface area contributed by atoms with Crippen molar-refractivity contribution < 1.29 is 4.79 Å². The Morgan fingerprint density at radius 3 is 1.93 bits per heavy atom. The van der Waals surface area contributed by atoms with E-state index >= 15 is 0 Å². The minimum atomic E-state index is 0.130. The van der Waals surface area contributed by atoms with Crippen LogP contribution in [0.15, 0.2) is 0 Å². The van der Waals surface area contributed by atoms with Crippen LogP contribution in [0.2, 0.25) is 0 Å². The number of rotatable bonds is 4. The molecular formula is C13H27NO. The van der Waals surface area contributed by atoms with Gasteiger partial charge in [-0.2, -0.15) is 0 Å². The predicted molar refractivity (Wildman–Crippen MR) is 65.7 cm³/mol. The van der Waals surface area contributed by atoms with Gasteiger partial charge in [0.05, 0.1) is 0 Å². The monoisotopic (exact) mass is 213 g/mol. The second-order valence-corrected chi connectivity index (χ2v) is 5.86. The zero-order chi connectivity index (χ0) is 12.2. The fourth-order valence-corrected chi connectivity index (χ4v) is 1.50. The molecule has 0 saturated carbocycles. The summed E-state index contributed by atoms with van der Waals surface area (Å²) in [4.78, 5) is 12.0. The largest absolute Gasteiger partial charge is 0.353 e. The summed E-state index contributed by atoms with van der Waals surface area (Å²) < 4.78 is 0. The van der Waals surface area contributed by atoms with E-state index in [0.29, 0.717) is 5.92 Å². The Kier molecular flexibility index (Phi) is 5.33. The third-order valence-corrected chi connectivity index (χ3v) is 3.24. The lowest BCUT2D eigenvalue weighted by atomic mass is 9.86. The van der Waals surface area contributed by atoms with Crippen molar-refractivity contribution in [2.24, 2.45) is 17.3 Å². The van der Waals surface area contributed by atoms with E-state index in [4.69, 9.17) is 0 Å². The minimum Gasteiger partial charge on any atom is -0.353 e. The zero-order valence-electron chi connectivity index (χ0n) is 11.3. The Morgan fingerprint density at radius 1 is 1.20 bits per heavy atom. The van der Waals surface area contributed by atoms with Gasteiger partial charge < -0.3 is 5.32 Å². The van der Waals surface area contributed by atoms with E-state index < -0.39 is 0 Å². The molecule has 1 amide bonds. The predicted octanol–water partition coefficient (Wildman–Crippen LogP) is 3.22. The lowest BCUT2D eigenvalue weighted by Gasteiger charge is -2.30. The van der Waals surface area contributed by atoms with E-state index in [1.807, 2.05) is 0 Å². The Bertz CT molecular complexity index is 203. The molecule has 1 N–H and O–H groups in total. The lowest BCUT2D eigenvalue weighted by Crippen LogP contribution is -2.45. The van der Waals surface area contributed by atoms with Gasteiger partial charge in [-0.1, -0.05) is 41.5 Å². The molecule has 0 aliphatic rings. The normalized spacial score (nSPS) is 16.3. The van der Waals surface area contributed by atoms with Crippen LogP contribution in [-0.2, 0) is 4.79 Å². The van der Waals surface area contributed by atoms with Gasteiger partial charge in [0, 0.05) is 12.0 Å². The highest BCUT2D eigenvalue weighted by atomic mass is 16.1. The third-order valence-electron chi connectivity index (χ3n) is 3.24. The number of hydrogen-bond acceptors (Lipinski definition) is 1. The molecule has 15 heavy (non-hydrogen) atoms. The highest BCUT2D eigenvalue weighted by Crippen LogP contribution is 2.21. The van der Waals surface area contributed by atoms with Crippen LogP contribution in [0.25, 0.3) is 0 Å². The first-order chi connectivity index (χ1) is 6.70. The molecule has 0 radical (unpaired) electrons. The van der Waals surface area contributed by atoms with Crippen LogP contribution in [-0.4, -0.2) is 11.9 Å². The number of hydrogen-bond donors (Lipinski definition) is 1. The third kappa shape index (κ3) is 4.67. The summed E-state index contributed by atoms with van der Waals surface area (Å²) >= 11 is 0. The molecular weight excluding hydrogens is 186 g/mol. The number of nitrogens with one attached hydrogen (secondary N) is 1. The molecule has 90 valence electrons. The molecule has 0 rings (SSSR count). The Morgan fingerprint density at radius 2 is 1.67 bits per heavy atom. The van der Waals surface area contributed by atoms with Crippen molar-refractivity contribution in [3.63, 3.8) is 0 Å². The lowest BCUT2D eigenvalue weighted by molar-refractivity contribution is -0.127. The van der Waals surface area contributed by atoms with Gasteiger partial charge in [-0.15, -0.1) is 0 Å². The molecule has 2 heteroatoms. The number of carbonyl (C=O) groups is 1. The molecule has 0 bridgehead atoms. The highest BCUT2D eigenvalue weighted by Gasteiger charge is 2.26. The summed E-state index contributed by atoms with van der Waals surface area (Å²) in [5.41, 5.74) is 0.130. The van der Waals surface area contributed by atoms with Crippen molar-refractivity contribution in [2.75, 3.05) is 0 Å². The van der Waals surface area contributed by atoms with E-state index in [2.05, 4.69) is 53.8 Å². The molecule has 0 aliphatic carbocycles. The molecule has 2 atom stereocenters. The molecule has 2 unspecified atom stereocenters. The summed E-state index contributed by atoms with van der Waals surface area (Å²) in [6.07, 6.45) is 0.917. The molecule has 0 spiro atoms. The second kappa shape index (κ2) is 5.53. The summed E-state index contributed by atoms with van der Waals surface area (Å²) in [5, 5.41) is 3.11. The molecule has 2 nitrogen and oxygen atoms in total. The van der Waals surface area contributed by atoms with Crippen molar-refractivity contribution in [1.29, 1.82) is 0 Å². The molecule has 0 heterocycles. The molecule has 0 aromatic carbocycles. The standard InChI is InChI=1S/C13H27NO/c1-8-11(9(2)3)12(15)14-10(4)13(5,6)7/h9-11H,8H2,1-7H3,(H,14,15). The van der Waals surface area contributed by atoms with Crippen molar-refractivity contribution in [1.82, 2.24) is 5.32 Å². The summed E-state index contributed by atoms with van der Waals surface area (Å²) in [5.74, 6) is 0.770. The van der Waals surface area contributed by atoms with Crippen LogP contribution in [0.4, 0.5) is 0 Å². The van der Waals surface area contributed by atoms with Crippen molar-refractivity contribution in [3.05, 3.63) is 0 Å². The number of amides is 1. The second-order valence-electron chi connectivity index (χ2n) is 5.86. The van der Waals surface area contributed by atoms with Crippen molar-refractivity contribution in [2.45, 2.75) is 60.9 Å². The van der Waals surface area contributed by atoms with E-state index in [1.54, 1.807) is 0 Å². The topological polar surface area (TPSA) is 29.1 Å². The van der Waals surface area contributed by atoms with Crippen LogP contribution in [0, 0.1) is 17.3 Å². The van der Waals surface area contributed by atoms with E-state index in [9.17, 15) is 4.79 Å². The number of carbonyl (C=O) groups excluding carboxylic acids is 1. The van der Waals surface area contributed by atoms with Gasteiger partial charge in [0.2, 0.25) is 5.91 Å². The highest BCUT2D eigenvalue weighted by molar-refractivity contribution is 5.79. The van der Waals surface area contributed by atoms with Gasteiger partial charge in [-0.25, -0.2) is 0 Å². The van der Waals surface area contributed by atoms with Crippen LogP contribution in [0.3, 0.4) is 0 Å². The van der Waals surface area contributed by atoms with Gasteiger partial charge in [0.1, 0.15) is 0 Å². The van der Waals surface area contributed by atoms with Gasteiger partial charge in [-0.05, 0) is 24.7 Å². The summed E-state index contributed by atoms with van der Waals surface area (Å²) in [6, 6.07) is 0.220. The Balaban J connectivity index is 4.35. The van der Waals surface area contributed by atoms with Gasteiger partial charge in [-0.3, -0.25) is 4.79 Å². The maximum absolute atomic E-state index is 12.0. The van der Waals surface area contributed by atoms with Crippen molar-refractivity contribution >= 4 is 5.91 Å². The van der Waals surface area contributed by atoms with Crippen LogP contribution in [0.1, 0.15) is 54.9 Å². The van der Waals surface area contributed by atoms with Gasteiger partial charge in [0.15, 0.2) is 0 Å². The quantitative estimate of drug-likeness (QED) is 0.763. The fourth-order valence-electron chi connectivity index (χ4n) is 1.50. The minimum absolute atomic E-state index is 0.130.